The van der Waals surface area contributed by atoms with Gasteiger partial charge in [-0.2, -0.15) is 8.42 Å². The molecular formula is C12H17NO3S. The molecule has 1 aromatic rings. The standard InChI is InChI=1S/C12H17NO3S/c13-17(14,15)16-10-12(8-4-5-9-12)11-6-2-1-3-7-11/h1-3,6-7H,4-5,8-10H2,(H2,13,14,15). The Morgan fingerprint density at radius 3 is 2.29 bits per heavy atom. The van der Waals surface area contributed by atoms with Crippen molar-refractivity contribution in [3.05, 3.63) is 35.9 Å². The second kappa shape index (κ2) is 4.76. The van der Waals surface area contributed by atoms with E-state index in [0.29, 0.717) is 0 Å². The van der Waals surface area contributed by atoms with E-state index in [4.69, 9.17) is 9.32 Å². The summed E-state index contributed by atoms with van der Waals surface area (Å²) in [6.07, 6.45) is 4.10. The second-order valence-corrected chi connectivity index (χ2v) is 5.83. The van der Waals surface area contributed by atoms with Gasteiger partial charge in [0, 0.05) is 5.41 Å². The Hall–Kier alpha value is -0.910. The first-order valence-electron chi connectivity index (χ1n) is 5.75. The van der Waals surface area contributed by atoms with Gasteiger partial charge >= 0.3 is 10.3 Å². The molecule has 94 valence electrons. The van der Waals surface area contributed by atoms with Crippen LogP contribution in [0.5, 0.6) is 0 Å². The van der Waals surface area contributed by atoms with Crippen molar-refractivity contribution < 1.29 is 12.6 Å². The molecule has 0 aromatic heterocycles. The molecule has 0 spiro atoms. The Bertz CT molecular complexity index is 464. The van der Waals surface area contributed by atoms with Gasteiger partial charge in [0.05, 0.1) is 6.61 Å². The van der Waals surface area contributed by atoms with Gasteiger partial charge in [0.15, 0.2) is 0 Å². The van der Waals surface area contributed by atoms with E-state index >= 15 is 0 Å². The molecule has 0 atom stereocenters. The minimum Gasteiger partial charge on any atom is -0.257 e. The summed E-state index contributed by atoms with van der Waals surface area (Å²) in [6.45, 7) is 0.149. The zero-order chi connectivity index (χ0) is 12.4. The van der Waals surface area contributed by atoms with Crippen molar-refractivity contribution in [2.24, 2.45) is 5.14 Å². The van der Waals surface area contributed by atoms with Crippen molar-refractivity contribution in [1.29, 1.82) is 0 Å². The minimum absolute atomic E-state index is 0.149. The molecule has 1 fully saturated rings. The van der Waals surface area contributed by atoms with E-state index < -0.39 is 10.3 Å². The topological polar surface area (TPSA) is 69.4 Å². The highest BCUT2D eigenvalue weighted by atomic mass is 32.2. The Labute approximate surface area is 102 Å². The van der Waals surface area contributed by atoms with E-state index in [1.54, 1.807) is 0 Å². The fraction of sp³-hybridized carbons (Fsp3) is 0.500. The largest absolute Gasteiger partial charge is 0.333 e. The van der Waals surface area contributed by atoms with Crippen molar-refractivity contribution >= 4 is 10.3 Å². The second-order valence-electron chi connectivity index (χ2n) is 4.61. The predicted molar refractivity (Wildman–Crippen MR) is 65.6 cm³/mol. The molecule has 0 saturated heterocycles. The maximum absolute atomic E-state index is 10.9. The van der Waals surface area contributed by atoms with Crippen molar-refractivity contribution in [2.45, 2.75) is 31.1 Å². The average molecular weight is 255 g/mol. The van der Waals surface area contributed by atoms with Gasteiger partial charge in [-0.3, -0.25) is 4.18 Å². The van der Waals surface area contributed by atoms with Gasteiger partial charge < -0.3 is 0 Å². The first-order valence-corrected chi connectivity index (χ1v) is 7.22. The first-order chi connectivity index (χ1) is 8.02. The smallest absolute Gasteiger partial charge is 0.257 e. The van der Waals surface area contributed by atoms with E-state index in [0.717, 1.165) is 31.2 Å². The molecular weight excluding hydrogens is 238 g/mol. The predicted octanol–water partition coefficient (Wildman–Crippen LogP) is 1.72. The van der Waals surface area contributed by atoms with Crippen molar-refractivity contribution in [1.82, 2.24) is 0 Å². The molecule has 1 aromatic carbocycles. The van der Waals surface area contributed by atoms with Gasteiger partial charge in [-0.25, -0.2) is 5.14 Å². The van der Waals surface area contributed by atoms with Crippen LogP contribution >= 0.6 is 0 Å². The van der Waals surface area contributed by atoms with Crippen LogP contribution in [0.3, 0.4) is 0 Å². The third-order valence-corrected chi connectivity index (χ3v) is 3.89. The zero-order valence-corrected chi connectivity index (χ0v) is 10.4. The highest BCUT2D eigenvalue weighted by Gasteiger charge is 2.36. The molecule has 4 nitrogen and oxygen atoms in total. The molecule has 0 aliphatic heterocycles. The molecule has 0 radical (unpaired) electrons. The van der Waals surface area contributed by atoms with Gasteiger partial charge in [-0.1, -0.05) is 43.2 Å². The third kappa shape index (κ3) is 3.06. The van der Waals surface area contributed by atoms with E-state index in [2.05, 4.69) is 0 Å². The summed E-state index contributed by atoms with van der Waals surface area (Å²) in [4.78, 5) is 0. The summed E-state index contributed by atoms with van der Waals surface area (Å²) in [5, 5.41) is 4.90. The number of hydrogen-bond donors (Lipinski definition) is 1. The molecule has 5 heteroatoms. The summed E-state index contributed by atoms with van der Waals surface area (Å²) in [7, 11) is -3.86. The zero-order valence-electron chi connectivity index (χ0n) is 9.63. The lowest BCUT2D eigenvalue weighted by molar-refractivity contribution is 0.222. The van der Waals surface area contributed by atoms with Crippen LogP contribution in [0.15, 0.2) is 30.3 Å². The normalized spacial score (nSPS) is 19.4. The van der Waals surface area contributed by atoms with Crippen LogP contribution in [0.1, 0.15) is 31.2 Å². The molecule has 1 aliphatic carbocycles. The van der Waals surface area contributed by atoms with Crippen LogP contribution in [0.25, 0.3) is 0 Å². The number of benzene rings is 1. The number of rotatable bonds is 4. The van der Waals surface area contributed by atoms with Gasteiger partial charge in [-0.05, 0) is 18.4 Å². The molecule has 17 heavy (non-hydrogen) atoms. The Balaban J connectivity index is 2.22. The maximum atomic E-state index is 10.9. The molecule has 0 unspecified atom stereocenters. The van der Waals surface area contributed by atoms with Crippen LogP contribution in [0.4, 0.5) is 0 Å². The first kappa shape index (κ1) is 12.5. The third-order valence-electron chi connectivity index (χ3n) is 3.45. The number of hydrogen-bond acceptors (Lipinski definition) is 3. The highest BCUT2D eigenvalue weighted by Crippen LogP contribution is 2.41. The average Bonchev–Trinajstić information content (AvgIpc) is 2.77. The summed E-state index contributed by atoms with van der Waals surface area (Å²) in [5.41, 5.74) is 0.953. The maximum Gasteiger partial charge on any atom is 0.333 e. The molecule has 2 rings (SSSR count). The van der Waals surface area contributed by atoms with Gasteiger partial charge in [-0.15, -0.1) is 0 Å². The minimum atomic E-state index is -3.86. The molecule has 0 amide bonds. The summed E-state index contributed by atoms with van der Waals surface area (Å²) < 4.78 is 26.7. The van der Waals surface area contributed by atoms with Crippen LogP contribution < -0.4 is 5.14 Å². The Morgan fingerprint density at radius 1 is 1.18 bits per heavy atom. The van der Waals surface area contributed by atoms with E-state index in [-0.39, 0.29) is 12.0 Å². The van der Waals surface area contributed by atoms with E-state index in [1.165, 1.54) is 0 Å². The van der Waals surface area contributed by atoms with Crippen LogP contribution in [0, 0.1) is 0 Å². The summed E-state index contributed by atoms with van der Waals surface area (Å²) >= 11 is 0. The van der Waals surface area contributed by atoms with Crippen molar-refractivity contribution in [2.75, 3.05) is 6.61 Å². The fourth-order valence-corrected chi connectivity index (χ4v) is 2.94. The van der Waals surface area contributed by atoms with E-state index in [9.17, 15) is 8.42 Å². The van der Waals surface area contributed by atoms with Crippen LogP contribution in [0.2, 0.25) is 0 Å². The van der Waals surface area contributed by atoms with Gasteiger partial charge in [0.1, 0.15) is 0 Å². The molecule has 1 saturated carbocycles. The lowest BCUT2D eigenvalue weighted by atomic mass is 9.80. The lowest BCUT2D eigenvalue weighted by Crippen LogP contribution is -2.31. The summed E-state index contributed by atoms with van der Waals surface area (Å²) in [5.74, 6) is 0. The molecule has 0 bridgehead atoms. The molecule has 1 aliphatic rings. The SMILES string of the molecule is NS(=O)(=O)OCC1(c2ccccc2)CCCC1. The fourth-order valence-electron chi connectivity index (χ4n) is 2.55. The lowest BCUT2D eigenvalue weighted by Gasteiger charge is -2.28. The molecule has 0 heterocycles. The summed E-state index contributed by atoms with van der Waals surface area (Å²) in [6, 6.07) is 9.93. The Morgan fingerprint density at radius 2 is 1.76 bits per heavy atom. The van der Waals surface area contributed by atoms with E-state index in [1.807, 2.05) is 30.3 Å². The van der Waals surface area contributed by atoms with Crippen molar-refractivity contribution in [3.8, 4) is 0 Å². The number of nitrogens with two attached hydrogens (primary N) is 1. The monoisotopic (exact) mass is 255 g/mol. The van der Waals surface area contributed by atoms with Crippen LogP contribution in [-0.2, 0) is 19.9 Å². The highest BCUT2D eigenvalue weighted by molar-refractivity contribution is 7.84. The van der Waals surface area contributed by atoms with Gasteiger partial charge in [0.25, 0.3) is 0 Å². The van der Waals surface area contributed by atoms with Gasteiger partial charge in [0.2, 0.25) is 0 Å². The quantitative estimate of drug-likeness (QED) is 0.890. The Kier molecular flexibility index (Phi) is 3.51. The van der Waals surface area contributed by atoms with Crippen LogP contribution in [-0.4, -0.2) is 15.0 Å². The van der Waals surface area contributed by atoms with Crippen molar-refractivity contribution in [3.63, 3.8) is 0 Å². The molecule has 2 N–H and O–H groups in total.